The minimum absolute atomic E-state index is 0.0608. The maximum Gasteiger partial charge on any atom is 0.254 e. The number of nitrogen functional groups attached to an aromatic ring is 1. The van der Waals surface area contributed by atoms with Crippen LogP contribution in [0.25, 0.3) is 0 Å². The van der Waals surface area contributed by atoms with Gasteiger partial charge in [-0.05, 0) is 62.1 Å². The number of nitrogens with zero attached hydrogens (tertiary/aromatic N) is 1. The number of amides is 1. The summed E-state index contributed by atoms with van der Waals surface area (Å²) in [5.41, 5.74) is 8.31. The Bertz CT molecular complexity index is 937. The molecule has 1 amide bonds. The maximum atomic E-state index is 13.2. The number of carbonyl (C=O) groups is 2. The Labute approximate surface area is 163 Å². The zero-order valence-electron chi connectivity index (χ0n) is 15.9. The number of carbonyl (C=O) groups excluding carboxylic acids is 2. The first-order valence-corrected chi connectivity index (χ1v) is 9.05. The van der Waals surface area contributed by atoms with Crippen molar-refractivity contribution >= 4 is 17.5 Å². The quantitative estimate of drug-likeness (QED) is 0.242. The molecule has 0 radical (unpaired) electrons. The van der Waals surface area contributed by atoms with E-state index in [0.717, 1.165) is 6.42 Å². The second-order valence-corrected chi connectivity index (χ2v) is 7.04. The molecule has 1 saturated heterocycles. The number of nitrogens with one attached hydrogen (secondary N) is 1. The molecule has 0 bridgehead atoms. The van der Waals surface area contributed by atoms with Gasteiger partial charge in [-0.2, -0.15) is 0 Å². The molecule has 0 aliphatic carbocycles. The van der Waals surface area contributed by atoms with Crippen molar-refractivity contribution in [2.75, 3.05) is 6.54 Å². The summed E-state index contributed by atoms with van der Waals surface area (Å²) in [5, 5.41) is 16.4. The van der Waals surface area contributed by atoms with E-state index in [2.05, 4.69) is 4.89 Å². The smallest absolute Gasteiger partial charge is 0.254 e. The minimum Gasteiger partial charge on any atom is -0.384 e. The Balaban J connectivity index is 1.86. The Morgan fingerprint density at radius 2 is 1.79 bits per heavy atom. The van der Waals surface area contributed by atoms with E-state index in [4.69, 9.17) is 16.4 Å². The summed E-state index contributed by atoms with van der Waals surface area (Å²) in [6.07, 6.45) is 1.36. The first-order chi connectivity index (χ1) is 13.3. The van der Waals surface area contributed by atoms with Crippen LogP contribution in [-0.4, -0.2) is 40.3 Å². The summed E-state index contributed by atoms with van der Waals surface area (Å²) in [6, 6.07) is 9.28. The number of hydrogen-bond donors (Lipinski definition) is 3. The average molecular weight is 381 g/mol. The van der Waals surface area contributed by atoms with Crippen LogP contribution in [0.5, 0.6) is 5.75 Å². The molecule has 0 saturated carbocycles. The monoisotopic (exact) mass is 381 g/mol. The zero-order chi connectivity index (χ0) is 20.4. The van der Waals surface area contributed by atoms with E-state index in [1.54, 1.807) is 55.1 Å². The number of Topliss-reactive ketones (excluding diaryl/α,β-unsaturated/α-hetero) is 1. The van der Waals surface area contributed by atoms with Crippen molar-refractivity contribution in [3.8, 4) is 5.75 Å². The first-order valence-electron chi connectivity index (χ1n) is 9.05. The van der Waals surface area contributed by atoms with Gasteiger partial charge >= 0.3 is 0 Å². The highest BCUT2D eigenvalue weighted by Gasteiger charge is 2.35. The van der Waals surface area contributed by atoms with Crippen molar-refractivity contribution in [2.45, 2.75) is 32.7 Å². The summed E-state index contributed by atoms with van der Waals surface area (Å²) < 4.78 is 0. The molecule has 1 heterocycles. The number of benzene rings is 2. The molecule has 1 unspecified atom stereocenters. The topological polar surface area (TPSA) is 117 Å². The van der Waals surface area contributed by atoms with Crippen LogP contribution in [0.2, 0.25) is 0 Å². The van der Waals surface area contributed by atoms with Gasteiger partial charge in [0.15, 0.2) is 11.5 Å². The Hall–Kier alpha value is -3.19. The van der Waals surface area contributed by atoms with Crippen molar-refractivity contribution in [1.82, 2.24) is 4.90 Å². The summed E-state index contributed by atoms with van der Waals surface area (Å²) in [5.74, 6) is -0.0831. The van der Waals surface area contributed by atoms with Crippen LogP contribution in [0.4, 0.5) is 0 Å². The van der Waals surface area contributed by atoms with Crippen molar-refractivity contribution in [3.05, 3.63) is 64.2 Å². The van der Waals surface area contributed by atoms with Gasteiger partial charge in [0.1, 0.15) is 5.84 Å². The number of rotatable bonds is 5. The third-order valence-corrected chi connectivity index (χ3v) is 5.14. The molecule has 28 heavy (non-hydrogen) atoms. The fourth-order valence-electron chi connectivity index (χ4n) is 3.57. The lowest BCUT2D eigenvalue weighted by molar-refractivity contribution is -0.138. The van der Waals surface area contributed by atoms with Gasteiger partial charge in [-0.3, -0.25) is 15.0 Å². The van der Waals surface area contributed by atoms with E-state index in [9.17, 15) is 9.59 Å². The van der Waals surface area contributed by atoms with Gasteiger partial charge in [0, 0.05) is 23.2 Å². The number of ketones is 1. The number of likely N-dealkylation sites (tertiary alicyclic amines) is 1. The molecule has 146 valence electrons. The first kappa shape index (κ1) is 19.6. The highest BCUT2D eigenvalue weighted by molar-refractivity contribution is 6.06. The van der Waals surface area contributed by atoms with E-state index in [-0.39, 0.29) is 17.5 Å². The van der Waals surface area contributed by atoms with E-state index in [1.165, 1.54) is 0 Å². The lowest BCUT2D eigenvalue weighted by atomic mass is 9.95. The molecular weight excluding hydrogens is 358 g/mol. The standard InChI is InChI=1S/C21H23N3O4/c1-12-11-18(28-27)13(2)10-16(12)19(25)17-4-3-9-24(17)21(26)15-7-5-14(6-8-15)20(22)23/h5-8,10-11,17,27H,3-4,9H2,1-2H3,(H3,22,23). The van der Waals surface area contributed by atoms with Gasteiger partial charge in [-0.25, -0.2) is 5.26 Å². The Morgan fingerprint density at radius 1 is 1.14 bits per heavy atom. The SMILES string of the molecule is Cc1cc(C(=O)C2CCCN2C(=O)c2ccc(C(=N)N)cc2)c(C)cc1OO. The highest BCUT2D eigenvalue weighted by atomic mass is 17.1. The molecule has 1 atom stereocenters. The normalized spacial score (nSPS) is 16.1. The summed E-state index contributed by atoms with van der Waals surface area (Å²) >= 11 is 0. The van der Waals surface area contributed by atoms with Gasteiger partial charge in [0.2, 0.25) is 0 Å². The number of hydrogen-bond acceptors (Lipinski definition) is 5. The van der Waals surface area contributed by atoms with E-state index < -0.39 is 6.04 Å². The molecule has 1 aliphatic heterocycles. The molecule has 4 N–H and O–H groups in total. The van der Waals surface area contributed by atoms with Crippen LogP contribution in [0, 0.1) is 19.3 Å². The Morgan fingerprint density at radius 3 is 2.39 bits per heavy atom. The summed E-state index contributed by atoms with van der Waals surface area (Å²) in [7, 11) is 0. The largest absolute Gasteiger partial charge is 0.384 e. The molecule has 2 aromatic rings. The van der Waals surface area contributed by atoms with E-state index >= 15 is 0 Å². The second-order valence-electron chi connectivity index (χ2n) is 7.04. The molecule has 2 aromatic carbocycles. The molecule has 3 rings (SSSR count). The van der Waals surface area contributed by atoms with Crippen molar-refractivity contribution < 1.29 is 19.7 Å². The third kappa shape index (κ3) is 3.61. The number of aryl methyl sites for hydroxylation is 2. The van der Waals surface area contributed by atoms with Crippen molar-refractivity contribution in [2.24, 2.45) is 5.73 Å². The Kier molecular flexibility index (Phi) is 5.46. The minimum atomic E-state index is -0.529. The van der Waals surface area contributed by atoms with Crippen LogP contribution >= 0.6 is 0 Å². The van der Waals surface area contributed by atoms with Crippen molar-refractivity contribution in [3.63, 3.8) is 0 Å². The molecule has 7 heteroatoms. The fourth-order valence-corrected chi connectivity index (χ4v) is 3.57. The van der Waals surface area contributed by atoms with E-state index in [0.29, 0.717) is 46.5 Å². The zero-order valence-corrected chi connectivity index (χ0v) is 15.9. The lowest BCUT2D eigenvalue weighted by Gasteiger charge is -2.24. The fraction of sp³-hybridized carbons (Fsp3) is 0.286. The van der Waals surface area contributed by atoms with Crippen LogP contribution < -0.4 is 10.6 Å². The van der Waals surface area contributed by atoms with Crippen molar-refractivity contribution in [1.29, 1.82) is 5.41 Å². The summed E-state index contributed by atoms with van der Waals surface area (Å²) in [6.45, 7) is 4.03. The number of amidine groups is 1. The van der Waals surface area contributed by atoms with Crippen LogP contribution in [0.1, 0.15) is 50.2 Å². The molecule has 7 nitrogen and oxygen atoms in total. The van der Waals surface area contributed by atoms with Crippen LogP contribution in [0.3, 0.4) is 0 Å². The molecule has 0 aromatic heterocycles. The van der Waals surface area contributed by atoms with Crippen LogP contribution in [0.15, 0.2) is 36.4 Å². The molecule has 1 fully saturated rings. The van der Waals surface area contributed by atoms with Gasteiger partial charge in [0.05, 0.1) is 6.04 Å². The lowest BCUT2D eigenvalue weighted by Crippen LogP contribution is -2.40. The molecule has 0 spiro atoms. The predicted molar refractivity (Wildman–Crippen MR) is 105 cm³/mol. The van der Waals surface area contributed by atoms with Gasteiger partial charge in [0.25, 0.3) is 5.91 Å². The molecule has 1 aliphatic rings. The number of nitrogens with two attached hydrogens (primary N) is 1. The highest BCUT2D eigenvalue weighted by Crippen LogP contribution is 2.28. The summed E-state index contributed by atoms with van der Waals surface area (Å²) in [4.78, 5) is 32.1. The molecular formula is C21H23N3O4. The van der Waals surface area contributed by atoms with Crippen LogP contribution in [-0.2, 0) is 0 Å². The van der Waals surface area contributed by atoms with Gasteiger partial charge in [-0.15, -0.1) is 0 Å². The average Bonchev–Trinajstić information content (AvgIpc) is 3.18. The predicted octanol–water partition coefficient (Wildman–Crippen LogP) is 2.93. The maximum absolute atomic E-state index is 13.2. The second kappa shape index (κ2) is 7.82. The van der Waals surface area contributed by atoms with E-state index in [1.807, 2.05) is 0 Å². The van der Waals surface area contributed by atoms with Gasteiger partial charge in [-0.1, -0.05) is 12.1 Å². The van der Waals surface area contributed by atoms with Gasteiger partial charge < -0.3 is 15.5 Å². The third-order valence-electron chi connectivity index (χ3n) is 5.14.